The highest BCUT2D eigenvalue weighted by Crippen LogP contribution is 2.30. The van der Waals surface area contributed by atoms with Crippen LogP contribution in [0.5, 0.6) is 0 Å². The molecule has 0 N–H and O–H groups in total. The van der Waals surface area contributed by atoms with Crippen molar-refractivity contribution in [3.8, 4) is 0 Å². The lowest BCUT2D eigenvalue weighted by molar-refractivity contribution is 0.597. The Morgan fingerprint density at radius 3 is 3.00 bits per heavy atom. The normalized spacial score (nSPS) is 33.2. The van der Waals surface area contributed by atoms with Gasteiger partial charge >= 0.3 is 0 Å². The Bertz CT molecular complexity index is 158. The summed E-state index contributed by atoms with van der Waals surface area (Å²) in [7, 11) is 0. The highest BCUT2D eigenvalue weighted by atomic mass is 127. The maximum Gasteiger partial charge on any atom is 0.0210 e. The number of hydrogen-bond donors (Lipinski definition) is 0. The zero-order valence-electron chi connectivity index (χ0n) is 6.31. The van der Waals surface area contributed by atoms with Crippen LogP contribution in [0.15, 0.2) is 24.3 Å². The van der Waals surface area contributed by atoms with Crippen LogP contribution < -0.4 is 0 Å². The van der Waals surface area contributed by atoms with Gasteiger partial charge in [0.15, 0.2) is 0 Å². The summed E-state index contributed by atoms with van der Waals surface area (Å²) >= 11 is 2.51. The second-order valence-corrected chi connectivity index (χ2v) is 4.51. The molecule has 1 heteroatoms. The Morgan fingerprint density at radius 1 is 1.80 bits per heavy atom. The van der Waals surface area contributed by atoms with Crippen LogP contribution in [0.4, 0.5) is 0 Å². The molecule has 0 nitrogen and oxygen atoms in total. The lowest BCUT2D eigenvalue weighted by Gasteiger charge is -2.23. The molecule has 0 aromatic heterocycles. The molecule has 56 valence electrons. The largest absolute Gasteiger partial charge is 0.103 e. The lowest BCUT2D eigenvalue weighted by atomic mass is 9.90. The molecule has 0 aromatic rings. The first kappa shape index (κ1) is 8.31. The van der Waals surface area contributed by atoms with E-state index in [1.165, 1.54) is 18.4 Å². The van der Waals surface area contributed by atoms with E-state index in [4.69, 9.17) is 0 Å². The van der Waals surface area contributed by atoms with Gasteiger partial charge in [-0.2, -0.15) is 0 Å². The second-order valence-electron chi connectivity index (χ2n) is 2.91. The zero-order valence-corrected chi connectivity index (χ0v) is 8.47. The average molecular weight is 248 g/mol. The van der Waals surface area contributed by atoms with Crippen LogP contribution >= 0.6 is 22.6 Å². The fourth-order valence-electron chi connectivity index (χ4n) is 1.30. The fourth-order valence-corrected chi connectivity index (χ4v) is 2.10. The number of alkyl halides is 1. The molecule has 2 atom stereocenters. The van der Waals surface area contributed by atoms with E-state index in [0.29, 0.717) is 5.92 Å². The van der Waals surface area contributed by atoms with E-state index in [-0.39, 0.29) is 0 Å². The smallest absolute Gasteiger partial charge is 0.0210 e. The molecule has 0 aliphatic heterocycles. The topological polar surface area (TPSA) is 0 Å². The average Bonchev–Trinajstić information content (AvgIpc) is 1.94. The molecular formula is C9H13I. The summed E-state index contributed by atoms with van der Waals surface area (Å²) in [6.07, 6.45) is 6.88. The van der Waals surface area contributed by atoms with Crippen LogP contribution in [0.1, 0.15) is 19.8 Å². The van der Waals surface area contributed by atoms with Crippen molar-refractivity contribution in [2.45, 2.75) is 23.7 Å². The predicted octanol–water partition coefficient (Wildman–Crippen LogP) is 3.33. The number of allylic oxidation sites excluding steroid dienone is 3. The van der Waals surface area contributed by atoms with Crippen LogP contribution in [0, 0.1) is 5.92 Å². The monoisotopic (exact) mass is 248 g/mol. The van der Waals surface area contributed by atoms with Crippen molar-refractivity contribution in [3.63, 3.8) is 0 Å². The van der Waals surface area contributed by atoms with Gasteiger partial charge in [0.1, 0.15) is 0 Å². The summed E-state index contributed by atoms with van der Waals surface area (Å²) in [6.45, 7) is 6.04. The van der Waals surface area contributed by atoms with Crippen LogP contribution in [-0.4, -0.2) is 3.92 Å². The van der Waals surface area contributed by atoms with Crippen LogP contribution in [0.3, 0.4) is 0 Å². The predicted molar refractivity (Wildman–Crippen MR) is 54.5 cm³/mol. The van der Waals surface area contributed by atoms with Gasteiger partial charge in [-0.15, -0.1) is 6.58 Å². The second kappa shape index (κ2) is 3.56. The Kier molecular flexibility index (Phi) is 2.96. The van der Waals surface area contributed by atoms with Crippen molar-refractivity contribution >= 4 is 22.6 Å². The third kappa shape index (κ3) is 1.84. The molecule has 0 spiro atoms. The Morgan fingerprint density at radius 2 is 2.50 bits per heavy atom. The SMILES string of the molecule is C=C[C@@H]1CC(C)=CC[C@H]1I. The Labute approximate surface area is 76.5 Å². The summed E-state index contributed by atoms with van der Waals surface area (Å²) in [4.78, 5) is 0. The molecule has 0 aromatic carbocycles. The molecule has 1 rings (SSSR count). The van der Waals surface area contributed by atoms with Crippen LogP contribution in [-0.2, 0) is 0 Å². The molecule has 0 heterocycles. The van der Waals surface area contributed by atoms with E-state index >= 15 is 0 Å². The van der Waals surface area contributed by atoms with Crippen molar-refractivity contribution in [1.82, 2.24) is 0 Å². The van der Waals surface area contributed by atoms with E-state index in [2.05, 4.69) is 48.2 Å². The molecule has 0 amide bonds. The highest BCUT2D eigenvalue weighted by Gasteiger charge is 2.18. The molecule has 0 radical (unpaired) electrons. The molecule has 0 fully saturated rings. The molecule has 0 unspecified atom stereocenters. The summed E-state index contributed by atoms with van der Waals surface area (Å²) in [5.41, 5.74) is 1.53. The molecule has 1 aliphatic carbocycles. The van der Waals surface area contributed by atoms with Crippen molar-refractivity contribution in [1.29, 1.82) is 0 Å². The summed E-state index contributed by atoms with van der Waals surface area (Å²) in [5, 5.41) is 0. The lowest BCUT2D eigenvalue weighted by Crippen LogP contribution is -2.15. The van der Waals surface area contributed by atoms with Gasteiger partial charge in [-0.25, -0.2) is 0 Å². The molecule has 0 bridgehead atoms. The van der Waals surface area contributed by atoms with E-state index in [0.717, 1.165) is 3.92 Å². The zero-order chi connectivity index (χ0) is 7.56. The minimum atomic E-state index is 0.714. The van der Waals surface area contributed by atoms with Gasteiger partial charge in [-0.1, -0.05) is 40.3 Å². The minimum Gasteiger partial charge on any atom is -0.103 e. The first-order valence-corrected chi connectivity index (χ1v) is 4.91. The van der Waals surface area contributed by atoms with Crippen molar-refractivity contribution in [3.05, 3.63) is 24.3 Å². The van der Waals surface area contributed by atoms with Crippen molar-refractivity contribution < 1.29 is 0 Å². The molecule has 10 heavy (non-hydrogen) atoms. The Hall–Kier alpha value is 0.210. The van der Waals surface area contributed by atoms with Gasteiger partial charge in [0.25, 0.3) is 0 Å². The van der Waals surface area contributed by atoms with Gasteiger partial charge in [0, 0.05) is 3.92 Å². The number of rotatable bonds is 1. The summed E-state index contributed by atoms with van der Waals surface area (Å²) in [5.74, 6) is 0.714. The Balaban J connectivity index is 2.61. The summed E-state index contributed by atoms with van der Waals surface area (Å²) < 4.78 is 0.777. The van der Waals surface area contributed by atoms with E-state index in [1.54, 1.807) is 0 Å². The van der Waals surface area contributed by atoms with Gasteiger partial charge in [-0.05, 0) is 25.7 Å². The summed E-state index contributed by atoms with van der Waals surface area (Å²) in [6, 6.07) is 0. The number of hydrogen-bond acceptors (Lipinski definition) is 0. The maximum absolute atomic E-state index is 3.84. The highest BCUT2D eigenvalue weighted by molar-refractivity contribution is 14.1. The molecule has 0 saturated carbocycles. The van der Waals surface area contributed by atoms with Gasteiger partial charge < -0.3 is 0 Å². The molecular weight excluding hydrogens is 235 g/mol. The van der Waals surface area contributed by atoms with E-state index in [9.17, 15) is 0 Å². The first-order valence-electron chi connectivity index (χ1n) is 3.66. The third-order valence-corrected chi connectivity index (χ3v) is 3.45. The van der Waals surface area contributed by atoms with E-state index < -0.39 is 0 Å². The van der Waals surface area contributed by atoms with Gasteiger partial charge in [0.05, 0.1) is 0 Å². The standard InChI is InChI=1S/C9H13I/c1-3-8-6-7(2)4-5-9(8)10/h3-4,8-9H,1,5-6H2,2H3/t8-,9-/m1/s1. The third-order valence-electron chi connectivity index (χ3n) is 2.02. The van der Waals surface area contributed by atoms with E-state index in [1.807, 2.05) is 0 Å². The quantitative estimate of drug-likeness (QED) is 0.379. The van der Waals surface area contributed by atoms with Crippen molar-refractivity contribution in [2.24, 2.45) is 5.92 Å². The number of halogens is 1. The molecule has 0 saturated heterocycles. The maximum atomic E-state index is 3.84. The minimum absolute atomic E-state index is 0.714. The molecule has 1 aliphatic rings. The first-order chi connectivity index (χ1) is 4.74. The van der Waals surface area contributed by atoms with Crippen LogP contribution in [0.25, 0.3) is 0 Å². The van der Waals surface area contributed by atoms with Crippen LogP contribution in [0.2, 0.25) is 0 Å². The van der Waals surface area contributed by atoms with Gasteiger partial charge in [-0.3, -0.25) is 0 Å². The van der Waals surface area contributed by atoms with Crippen molar-refractivity contribution in [2.75, 3.05) is 0 Å². The fraction of sp³-hybridized carbons (Fsp3) is 0.556. The van der Waals surface area contributed by atoms with Gasteiger partial charge in [0.2, 0.25) is 0 Å².